The van der Waals surface area contributed by atoms with Crippen LogP contribution in [0.3, 0.4) is 0 Å². The second-order valence-corrected chi connectivity index (χ2v) is 2.24. The van der Waals surface area contributed by atoms with Crippen LogP contribution in [0.4, 0.5) is 0 Å². The van der Waals surface area contributed by atoms with E-state index in [2.05, 4.69) is 19.2 Å². The number of hydrogen-bond donors (Lipinski definition) is 1. The fraction of sp³-hybridized carbons (Fsp3) is 0.875. The van der Waals surface area contributed by atoms with Gasteiger partial charge in [-0.25, -0.2) is 0 Å². The minimum Gasteiger partial charge on any atom is -0.550 e. The summed E-state index contributed by atoms with van der Waals surface area (Å²) in [7, 11) is 0. The van der Waals surface area contributed by atoms with Gasteiger partial charge in [0.25, 0.3) is 0 Å². The molecule has 0 bridgehead atoms. The van der Waals surface area contributed by atoms with Crippen LogP contribution < -0.4 is 10.4 Å². The van der Waals surface area contributed by atoms with Crippen LogP contribution in [-0.4, -0.2) is 19.1 Å². The van der Waals surface area contributed by atoms with Crippen LogP contribution in [-0.2, 0) is 4.79 Å². The zero-order valence-electron chi connectivity index (χ0n) is 7.64. The van der Waals surface area contributed by atoms with Gasteiger partial charge in [-0.3, -0.25) is 0 Å². The van der Waals surface area contributed by atoms with Crippen LogP contribution in [0.1, 0.15) is 33.6 Å². The molecule has 0 saturated heterocycles. The lowest BCUT2D eigenvalue weighted by Crippen LogP contribution is -2.16. The van der Waals surface area contributed by atoms with Gasteiger partial charge < -0.3 is 15.2 Å². The van der Waals surface area contributed by atoms with Crippen molar-refractivity contribution in [1.82, 2.24) is 5.32 Å². The molecular weight excluding hydrogens is 142 g/mol. The number of aliphatic carboxylic acids is 1. The predicted octanol–water partition coefficient (Wildman–Crippen LogP) is 0.152. The number of hydrogen-bond acceptors (Lipinski definition) is 3. The van der Waals surface area contributed by atoms with Gasteiger partial charge in [-0.2, -0.15) is 0 Å². The molecular formula is C8H18NO2-. The van der Waals surface area contributed by atoms with E-state index in [1.54, 1.807) is 0 Å². The molecule has 0 aromatic rings. The molecule has 68 valence electrons. The smallest absolute Gasteiger partial charge is 0.0383 e. The standard InChI is InChI=1S/C6H15N.C2H4O2/c1-3-5-7-6-4-2;1-2(3)4/h7H,3-6H2,1-2H3;1H3,(H,3,4)/p-1. The van der Waals surface area contributed by atoms with E-state index in [0.29, 0.717) is 0 Å². The Morgan fingerprint density at radius 3 is 1.73 bits per heavy atom. The van der Waals surface area contributed by atoms with E-state index in [1.807, 2.05) is 0 Å². The van der Waals surface area contributed by atoms with Crippen molar-refractivity contribution in [3.05, 3.63) is 0 Å². The molecule has 0 spiro atoms. The fourth-order valence-electron chi connectivity index (χ4n) is 0.479. The lowest BCUT2D eigenvalue weighted by Gasteiger charge is -1.95. The van der Waals surface area contributed by atoms with Gasteiger partial charge in [-0.15, -0.1) is 0 Å². The molecule has 0 heterocycles. The molecule has 0 fully saturated rings. The number of carboxylic acids is 1. The highest BCUT2D eigenvalue weighted by Crippen LogP contribution is 1.71. The molecule has 0 aromatic carbocycles. The van der Waals surface area contributed by atoms with Crippen LogP contribution in [0.15, 0.2) is 0 Å². The van der Waals surface area contributed by atoms with Gasteiger partial charge in [-0.1, -0.05) is 13.8 Å². The quantitative estimate of drug-likeness (QED) is 0.596. The molecule has 0 radical (unpaired) electrons. The van der Waals surface area contributed by atoms with Crippen LogP contribution in [0.2, 0.25) is 0 Å². The van der Waals surface area contributed by atoms with E-state index in [-0.39, 0.29) is 0 Å². The van der Waals surface area contributed by atoms with Crippen LogP contribution in [0.5, 0.6) is 0 Å². The maximum atomic E-state index is 8.89. The summed E-state index contributed by atoms with van der Waals surface area (Å²) in [6, 6.07) is 0. The van der Waals surface area contributed by atoms with Crippen molar-refractivity contribution in [2.45, 2.75) is 33.6 Å². The third-order valence-electron chi connectivity index (χ3n) is 0.854. The minimum atomic E-state index is -1.08. The molecule has 0 aliphatic heterocycles. The topological polar surface area (TPSA) is 52.2 Å². The molecule has 0 saturated carbocycles. The van der Waals surface area contributed by atoms with E-state index in [0.717, 1.165) is 6.92 Å². The minimum absolute atomic E-state index is 0.972. The summed E-state index contributed by atoms with van der Waals surface area (Å²) in [6.45, 7) is 7.69. The molecule has 0 rings (SSSR count). The van der Waals surface area contributed by atoms with Gasteiger partial charge in [0.15, 0.2) is 0 Å². The largest absolute Gasteiger partial charge is 0.550 e. The average Bonchev–Trinajstić information content (AvgIpc) is 1.88. The van der Waals surface area contributed by atoms with E-state index in [4.69, 9.17) is 9.90 Å². The Kier molecular flexibility index (Phi) is 14.4. The molecule has 3 nitrogen and oxygen atoms in total. The van der Waals surface area contributed by atoms with Crippen molar-refractivity contribution in [2.24, 2.45) is 0 Å². The third kappa shape index (κ3) is 44.2. The van der Waals surface area contributed by atoms with Crippen LogP contribution in [0.25, 0.3) is 0 Å². The third-order valence-corrected chi connectivity index (χ3v) is 0.854. The number of carbonyl (C=O) groups is 1. The Morgan fingerprint density at radius 1 is 1.27 bits per heavy atom. The maximum Gasteiger partial charge on any atom is 0.0383 e. The average molecular weight is 160 g/mol. The van der Waals surface area contributed by atoms with Gasteiger partial charge in [0, 0.05) is 5.97 Å². The number of carbonyl (C=O) groups excluding carboxylic acids is 1. The Bertz CT molecular complexity index is 76.2. The molecule has 3 heteroatoms. The zero-order chi connectivity index (χ0) is 9.11. The first-order chi connectivity index (χ1) is 5.15. The Labute approximate surface area is 68.8 Å². The number of carboxylic acid groups (broad SMARTS) is 1. The van der Waals surface area contributed by atoms with Gasteiger partial charge in [0.2, 0.25) is 0 Å². The highest BCUT2D eigenvalue weighted by atomic mass is 16.4. The summed E-state index contributed by atoms with van der Waals surface area (Å²) < 4.78 is 0. The highest BCUT2D eigenvalue weighted by Gasteiger charge is 1.76. The van der Waals surface area contributed by atoms with E-state index >= 15 is 0 Å². The first-order valence-corrected chi connectivity index (χ1v) is 4.03. The summed E-state index contributed by atoms with van der Waals surface area (Å²) in [6.07, 6.45) is 2.50. The first-order valence-electron chi connectivity index (χ1n) is 4.03. The van der Waals surface area contributed by atoms with Crippen molar-refractivity contribution < 1.29 is 9.90 Å². The lowest BCUT2D eigenvalue weighted by molar-refractivity contribution is -0.302. The van der Waals surface area contributed by atoms with Gasteiger partial charge in [0.1, 0.15) is 0 Å². The van der Waals surface area contributed by atoms with Crippen molar-refractivity contribution in [2.75, 3.05) is 13.1 Å². The Morgan fingerprint density at radius 2 is 1.55 bits per heavy atom. The van der Waals surface area contributed by atoms with Gasteiger partial charge in [0.05, 0.1) is 0 Å². The van der Waals surface area contributed by atoms with E-state index < -0.39 is 5.97 Å². The second kappa shape index (κ2) is 12.1. The molecule has 0 atom stereocenters. The number of nitrogens with one attached hydrogen (secondary N) is 1. The first kappa shape index (κ1) is 13.1. The van der Waals surface area contributed by atoms with Crippen molar-refractivity contribution in [1.29, 1.82) is 0 Å². The summed E-state index contributed by atoms with van der Waals surface area (Å²) >= 11 is 0. The molecule has 0 unspecified atom stereocenters. The molecule has 0 aliphatic rings. The predicted molar refractivity (Wildman–Crippen MR) is 44.1 cm³/mol. The van der Waals surface area contributed by atoms with Gasteiger partial charge >= 0.3 is 0 Å². The van der Waals surface area contributed by atoms with Crippen LogP contribution in [0, 0.1) is 0 Å². The van der Waals surface area contributed by atoms with Crippen molar-refractivity contribution >= 4 is 5.97 Å². The molecule has 0 aliphatic carbocycles. The summed E-state index contributed by atoms with van der Waals surface area (Å²) in [5.41, 5.74) is 0. The molecule has 1 N–H and O–H groups in total. The Hall–Kier alpha value is -0.570. The summed E-state index contributed by atoms with van der Waals surface area (Å²) in [5, 5.41) is 12.2. The zero-order valence-corrected chi connectivity index (χ0v) is 7.64. The monoisotopic (exact) mass is 160 g/mol. The van der Waals surface area contributed by atoms with E-state index in [1.165, 1.54) is 25.9 Å². The summed E-state index contributed by atoms with van der Waals surface area (Å²) in [4.78, 5) is 8.89. The van der Waals surface area contributed by atoms with Crippen LogP contribution >= 0.6 is 0 Å². The fourth-order valence-corrected chi connectivity index (χ4v) is 0.479. The van der Waals surface area contributed by atoms with Crippen molar-refractivity contribution in [3.8, 4) is 0 Å². The van der Waals surface area contributed by atoms with Crippen molar-refractivity contribution in [3.63, 3.8) is 0 Å². The number of rotatable bonds is 4. The lowest BCUT2D eigenvalue weighted by atomic mass is 10.4. The van der Waals surface area contributed by atoms with Gasteiger partial charge in [-0.05, 0) is 32.9 Å². The summed E-state index contributed by atoms with van der Waals surface area (Å²) in [5.74, 6) is -1.08. The molecule has 11 heavy (non-hydrogen) atoms. The highest BCUT2D eigenvalue weighted by molar-refractivity contribution is 5.60. The normalized spacial score (nSPS) is 8.27. The molecule has 0 amide bonds. The SMILES string of the molecule is CC(=O)[O-].CCCNCCC. The maximum absolute atomic E-state index is 8.89. The Balaban J connectivity index is 0. The van der Waals surface area contributed by atoms with E-state index in [9.17, 15) is 0 Å². The second-order valence-electron chi connectivity index (χ2n) is 2.24. The molecule has 0 aromatic heterocycles.